The van der Waals surface area contributed by atoms with Crippen LogP contribution in [-0.2, 0) is 28.6 Å². The number of aryl methyl sites for hydroxylation is 1. The molecule has 2 amide bonds. The quantitative estimate of drug-likeness (QED) is 0.371. The molecule has 1 N–H and O–H groups in total. The monoisotopic (exact) mass is 588 g/mol. The Kier molecular flexibility index (Phi) is 9.33. The summed E-state index contributed by atoms with van der Waals surface area (Å²) in [5, 5.41) is 3.12. The number of furan rings is 1. The van der Waals surface area contributed by atoms with E-state index < -0.39 is 22.3 Å². The SMILES string of the molecule is CCc1cc2c(C(=O)NC)c(-c3ccc(F)cc3)oc2nc1CN(CC1CCN(C(=O)OC(C)(C)C)CC1)[SH](=O)=O. The van der Waals surface area contributed by atoms with E-state index in [4.69, 9.17) is 9.15 Å². The number of carbonyl (C=O) groups excluding carboxylic acids is 2. The van der Waals surface area contributed by atoms with Crippen molar-refractivity contribution in [2.75, 3.05) is 26.7 Å². The van der Waals surface area contributed by atoms with E-state index in [2.05, 4.69) is 10.3 Å². The molecule has 3 aromatic rings. The molecule has 222 valence electrons. The number of amides is 2. The van der Waals surface area contributed by atoms with Gasteiger partial charge >= 0.3 is 6.09 Å². The summed E-state index contributed by atoms with van der Waals surface area (Å²) in [5.41, 5.74) is 1.74. The molecule has 4 rings (SSSR count). The van der Waals surface area contributed by atoms with Crippen LogP contribution in [0.5, 0.6) is 0 Å². The summed E-state index contributed by atoms with van der Waals surface area (Å²) in [6.45, 7) is 8.73. The van der Waals surface area contributed by atoms with E-state index in [1.54, 1.807) is 4.90 Å². The fourth-order valence-electron chi connectivity index (χ4n) is 4.98. The number of benzene rings is 1. The average molecular weight is 589 g/mol. The zero-order valence-electron chi connectivity index (χ0n) is 24.0. The van der Waals surface area contributed by atoms with Gasteiger partial charge < -0.3 is 19.4 Å². The molecular weight excluding hydrogens is 551 g/mol. The van der Waals surface area contributed by atoms with Crippen molar-refractivity contribution < 1.29 is 31.6 Å². The lowest BCUT2D eigenvalue weighted by molar-refractivity contribution is 0.0177. The minimum Gasteiger partial charge on any atom is -0.444 e. The standard InChI is InChI=1S/C29H37FN4O6S/c1-6-19-15-22-24(26(35)31-5)25(20-7-9-21(30)10-8-20)39-27(22)32-23(19)17-34(41(37)38)16-18-11-13-33(14-12-18)28(36)40-29(2,3)4/h7-10,15,18,41H,6,11-14,16-17H2,1-5H3,(H,31,35). The zero-order valence-corrected chi connectivity index (χ0v) is 24.9. The fraction of sp³-hybridized carbons (Fsp3) is 0.483. The molecule has 0 atom stereocenters. The number of likely N-dealkylation sites (tertiary alicyclic amines) is 1. The van der Waals surface area contributed by atoms with Crippen LogP contribution in [0.1, 0.15) is 62.2 Å². The minimum atomic E-state index is -2.91. The van der Waals surface area contributed by atoms with Gasteiger partial charge in [0.25, 0.3) is 5.91 Å². The summed E-state index contributed by atoms with van der Waals surface area (Å²) in [4.78, 5) is 31.6. The van der Waals surface area contributed by atoms with Crippen molar-refractivity contribution in [2.24, 2.45) is 5.92 Å². The largest absolute Gasteiger partial charge is 0.444 e. The third-order valence-electron chi connectivity index (χ3n) is 7.09. The molecule has 1 saturated heterocycles. The Balaban J connectivity index is 1.58. The van der Waals surface area contributed by atoms with Gasteiger partial charge in [0.1, 0.15) is 17.2 Å². The number of thiol groups is 1. The number of halogens is 1. The van der Waals surface area contributed by atoms with Gasteiger partial charge in [-0.25, -0.2) is 22.6 Å². The maximum Gasteiger partial charge on any atom is 0.410 e. The molecule has 0 saturated carbocycles. The van der Waals surface area contributed by atoms with Gasteiger partial charge in [0.05, 0.1) is 23.2 Å². The van der Waals surface area contributed by atoms with Crippen LogP contribution in [0, 0.1) is 11.7 Å². The summed E-state index contributed by atoms with van der Waals surface area (Å²) in [6.07, 6.45) is 1.50. The Labute approximate surface area is 240 Å². The molecule has 1 aromatic carbocycles. The second kappa shape index (κ2) is 12.6. The molecule has 41 heavy (non-hydrogen) atoms. The van der Waals surface area contributed by atoms with Crippen molar-refractivity contribution in [1.29, 1.82) is 0 Å². The van der Waals surface area contributed by atoms with E-state index in [1.807, 2.05) is 33.8 Å². The second-order valence-corrected chi connectivity index (χ2v) is 12.2. The molecule has 12 heteroatoms. The van der Waals surface area contributed by atoms with Crippen LogP contribution >= 0.6 is 0 Å². The lowest BCUT2D eigenvalue weighted by atomic mass is 9.97. The molecule has 2 aromatic heterocycles. The highest BCUT2D eigenvalue weighted by Crippen LogP contribution is 2.34. The van der Waals surface area contributed by atoms with E-state index >= 15 is 0 Å². The van der Waals surface area contributed by atoms with Crippen molar-refractivity contribution in [3.63, 3.8) is 0 Å². The van der Waals surface area contributed by atoms with Crippen molar-refractivity contribution in [1.82, 2.24) is 19.5 Å². The summed E-state index contributed by atoms with van der Waals surface area (Å²) in [6, 6.07) is 7.44. The maximum absolute atomic E-state index is 13.6. The van der Waals surface area contributed by atoms with Gasteiger partial charge in [-0.3, -0.25) is 4.79 Å². The normalized spacial score (nSPS) is 14.7. The van der Waals surface area contributed by atoms with Crippen LogP contribution in [0.4, 0.5) is 9.18 Å². The highest BCUT2D eigenvalue weighted by atomic mass is 32.2. The smallest absolute Gasteiger partial charge is 0.410 e. The lowest BCUT2D eigenvalue weighted by Gasteiger charge is -2.34. The number of rotatable bonds is 8. The van der Waals surface area contributed by atoms with Crippen LogP contribution in [0.25, 0.3) is 22.4 Å². The Hall–Kier alpha value is -3.51. The molecule has 1 aliphatic rings. The maximum atomic E-state index is 13.6. The molecule has 10 nitrogen and oxygen atoms in total. The number of nitrogens with zero attached hydrogens (tertiary/aromatic N) is 3. The second-order valence-electron chi connectivity index (χ2n) is 11.2. The molecule has 0 unspecified atom stereocenters. The van der Waals surface area contributed by atoms with E-state index in [0.717, 1.165) is 5.56 Å². The summed E-state index contributed by atoms with van der Waals surface area (Å²) >= 11 is 0. The van der Waals surface area contributed by atoms with E-state index in [9.17, 15) is 22.4 Å². The third-order valence-corrected chi connectivity index (χ3v) is 7.86. The molecule has 0 radical (unpaired) electrons. The number of fused-ring (bicyclic) bond motifs is 1. The van der Waals surface area contributed by atoms with Crippen LogP contribution in [0.15, 0.2) is 34.7 Å². The topological polar surface area (TPSA) is 122 Å². The molecule has 1 aliphatic heterocycles. The minimum absolute atomic E-state index is 0.0476. The lowest BCUT2D eigenvalue weighted by Crippen LogP contribution is -2.43. The highest BCUT2D eigenvalue weighted by Gasteiger charge is 2.29. The Bertz CT molecular complexity index is 1480. The summed E-state index contributed by atoms with van der Waals surface area (Å²) < 4.78 is 51.0. The number of carbonyl (C=O) groups is 2. The first-order chi connectivity index (χ1) is 19.4. The fourth-order valence-corrected chi connectivity index (χ4v) is 5.60. The summed E-state index contributed by atoms with van der Waals surface area (Å²) in [5.74, 6) is -0.456. The highest BCUT2D eigenvalue weighted by molar-refractivity contribution is 7.69. The van der Waals surface area contributed by atoms with Crippen molar-refractivity contribution in [3.8, 4) is 11.3 Å². The zero-order chi connectivity index (χ0) is 29.9. The van der Waals surface area contributed by atoms with Crippen LogP contribution < -0.4 is 5.32 Å². The first kappa shape index (κ1) is 30.4. The first-order valence-corrected chi connectivity index (χ1v) is 14.8. The van der Waals surface area contributed by atoms with Gasteiger partial charge in [-0.15, -0.1) is 0 Å². The number of piperidine rings is 1. The number of nitrogens with one attached hydrogen (secondary N) is 1. The van der Waals surface area contributed by atoms with Crippen LogP contribution in [0.2, 0.25) is 0 Å². The van der Waals surface area contributed by atoms with Gasteiger partial charge in [-0.1, -0.05) is 6.92 Å². The van der Waals surface area contributed by atoms with Gasteiger partial charge in [0.2, 0.25) is 16.6 Å². The molecule has 1 fully saturated rings. The average Bonchev–Trinajstić information content (AvgIpc) is 3.29. The Morgan fingerprint density at radius 2 is 1.85 bits per heavy atom. The Morgan fingerprint density at radius 3 is 2.41 bits per heavy atom. The number of pyridine rings is 1. The van der Waals surface area contributed by atoms with Crippen molar-refractivity contribution in [2.45, 2.75) is 59.1 Å². The third kappa shape index (κ3) is 7.23. The molecule has 0 bridgehead atoms. The first-order valence-electron chi connectivity index (χ1n) is 13.7. The predicted octanol–water partition coefficient (Wildman–Crippen LogP) is 4.53. The van der Waals surface area contributed by atoms with Gasteiger partial charge in [-0.2, -0.15) is 4.31 Å². The van der Waals surface area contributed by atoms with E-state index in [0.29, 0.717) is 55.5 Å². The number of hydrogen-bond donors (Lipinski definition) is 2. The molecular formula is C29H37FN4O6S. The predicted molar refractivity (Wildman–Crippen MR) is 153 cm³/mol. The van der Waals surface area contributed by atoms with Gasteiger partial charge in [0, 0.05) is 32.2 Å². The van der Waals surface area contributed by atoms with Crippen molar-refractivity contribution >= 4 is 34.0 Å². The molecule has 0 spiro atoms. The van der Waals surface area contributed by atoms with E-state index in [1.165, 1.54) is 35.6 Å². The molecule has 3 heterocycles. The number of aromatic nitrogens is 1. The van der Waals surface area contributed by atoms with Gasteiger partial charge in [0.15, 0.2) is 0 Å². The molecule has 0 aliphatic carbocycles. The number of ether oxygens (including phenoxy) is 1. The van der Waals surface area contributed by atoms with Gasteiger partial charge in [-0.05, 0) is 81.8 Å². The Morgan fingerprint density at radius 1 is 1.20 bits per heavy atom. The van der Waals surface area contributed by atoms with E-state index in [-0.39, 0.29) is 41.5 Å². The number of hydrogen-bond acceptors (Lipinski definition) is 7. The van der Waals surface area contributed by atoms with Crippen molar-refractivity contribution in [3.05, 3.63) is 53.0 Å². The summed E-state index contributed by atoms with van der Waals surface area (Å²) in [7, 11) is -1.40. The van der Waals surface area contributed by atoms with Crippen LogP contribution in [-0.4, -0.2) is 66.9 Å². The van der Waals surface area contributed by atoms with Crippen LogP contribution in [0.3, 0.4) is 0 Å².